The lowest BCUT2D eigenvalue weighted by Gasteiger charge is -2.33. The molecule has 6 nitrogen and oxygen atoms in total. The van der Waals surface area contributed by atoms with Gasteiger partial charge in [-0.25, -0.2) is 9.07 Å². The van der Waals surface area contributed by atoms with Gasteiger partial charge >= 0.3 is 0 Å². The van der Waals surface area contributed by atoms with Gasteiger partial charge in [0, 0.05) is 17.1 Å². The van der Waals surface area contributed by atoms with Gasteiger partial charge in [0.2, 0.25) is 11.1 Å². The molecule has 0 fully saturated rings. The van der Waals surface area contributed by atoms with Gasteiger partial charge in [-0.2, -0.15) is 0 Å². The van der Waals surface area contributed by atoms with Crippen molar-refractivity contribution < 1.29 is 9.18 Å². The van der Waals surface area contributed by atoms with Gasteiger partial charge in [0.25, 0.3) is 0 Å². The van der Waals surface area contributed by atoms with Gasteiger partial charge in [0.05, 0.1) is 6.04 Å². The standard InChI is InChI=1S/C20H19ClFN5OS/c1-3-16-24-25-20-27(16)26-17(12-5-8-14(22)9-6-12)18(29-20)19(28)23-15-10-13(21)7-4-11(15)2/h4-10,17-18,26H,3H2,1-2H3,(H,23,28)/t17-,18+/m0/s1. The zero-order chi connectivity index (χ0) is 20.5. The molecule has 0 unspecified atom stereocenters. The van der Waals surface area contributed by atoms with Crippen LogP contribution in [0.15, 0.2) is 47.6 Å². The molecule has 1 amide bonds. The zero-order valence-corrected chi connectivity index (χ0v) is 17.4. The van der Waals surface area contributed by atoms with Crippen molar-refractivity contribution >= 4 is 35.0 Å². The maximum Gasteiger partial charge on any atom is 0.240 e. The smallest absolute Gasteiger partial charge is 0.240 e. The van der Waals surface area contributed by atoms with Gasteiger partial charge in [-0.3, -0.25) is 4.79 Å². The molecular formula is C20H19ClFN5OS. The number of carbonyl (C=O) groups is 1. The van der Waals surface area contributed by atoms with Crippen LogP contribution >= 0.6 is 23.4 Å². The number of amides is 1. The van der Waals surface area contributed by atoms with Crippen LogP contribution < -0.4 is 10.7 Å². The van der Waals surface area contributed by atoms with Crippen LogP contribution in [0.25, 0.3) is 0 Å². The summed E-state index contributed by atoms with van der Waals surface area (Å²) in [6.45, 7) is 3.89. The maximum absolute atomic E-state index is 13.4. The van der Waals surface area contributed by atoms with Crippen molar-refractivity contribution in [1.29, 1.82) is 0 Å². The normalized spacial score (nSPS) is 18.1. The second kappa shape index (κ2) is 8.04. The largest absolute Gasteiger partial charge is 0.325 e. The first-order valence-electron chi connectivity index (χ1n) is 9.16. The molecule has 150 valence electrons. The summed E-state index contributed by atoms with van der Waals surface area (Å²) < 4.78 is 15.2. The van der Waals surface area contributed by atoms with Crippen molar-refractivity contribution in [2.75, 3.05) is 10.7 Å². The van der Waals surface area contributed by atoms with E-state index in [0.717, 1.165) is 17.0 Å². The Hall–Kier alpha value is -2.58. The van der Waals surface area contributed by atoms with E-state index in [1.807, 2.05) is 19.9 Å². The topological polar surface area (TPSA) is 71.8 Å². The highest BCUT2D eigenvalue weighted by molar-refractivity contribution is 8.00. The number of benzene rings is 2. The average molecular weight is 432 g/mol. The Balaban J connectivity index is 1.68. The molecule has 0 bridgehead atoms. The molecule has 1 aliphatic rings. The summed E-state index contributed by atoms with van der Waals surface area (Å²) >= 11 is 7.41. The predicted octanol–water partition coefficient (Wildman–Crippen LogP) is 4.34. The van der Waals surface area contributed by atoms with Crippen molar-refractivity contribution in [1.82, 2.24) is 14.9 Å². The van der Waals surface area contributed by atoms with Crippen LogP contribution in [0.1, 0.15) is 29.9 Å². The van der Waals surface area contributed by atoms with Crippen molar-refractivity contribution in [3.05, 3.63) is 70.3 Å². The molecule has 9 heteroatoms. The van der Waals surface area contributed by atoms with E-state index >= 15 is 0 Å². The summed E-state index contributed by atoms with van der Waals surface area (Å²) in [7, 11) is 0. The fourth-order valence-corrected chi connectivity index (χ4v) is 4.45. The summed E-state index contributed by atoms with van der Waals surface area (Å²) in [5.41, 5.74) is 5.69. The molecule has 2 aromatic carbocycles. The molecule has 0 saturated heterocycles. The first-order chi connectivity index (χ1) is 14.0. The van der Waals surface area contributed by atoms with Crippen LogP contribution in [0.4, 0.5) is 10.1 Å². The molecule has 3 aromatic rings. The van der Waals surface area contributed by atoms with Gasteiger partial charge in [0.1, 0.15) is 11.1 Å². The molecule has 2 heterocycles. The molecule has 4 rings (SSSR count). The summed E-state index contributed by atoms with van der Waals surface area (Å²) in [5.74, 6) is 0.241. The van der Waals surface area contributed by atoms with E-state index in [1.54, 1.807) is 28.9 Å². The number of anilines is 1. The molecule has 0 saturated carbocycles. The molecule has 2 atom stereocenters. The number of nitrogens with zero attached hydrogens (tertiary/aromatic N) is 3. The van der Waals surface area contributed by atoms with Crippen LogP contribution in [0.2, 0.25) is 5.02 Å². The highest BCUT2D eigenvalue weighted by Gasteiger charge is 2.37. The Bertz CT molecular complexity index is 1060. The van der Waals surface area contributed by atoms with E-state index in [2.05, 4.69) is 20.9 Å². The Morgan fingerprint density at radius 3 is 2.76 bits per heavy atom. The number of rotatable bonds is 4. The van der Waals surface area contributed by atoms with Crippen LogP contribution in [0.3, 0.4) is 0 Å². The number of hydrogen-bond acceptors (Lipinski definition) is 5. The highest BCUT2D eigenvalue weighted by Crippen LogP contribution is 2.38. The zero-order valence-electron chi connectivity index (χ0n) is 15.8. The minimum Gasteiger partial charge on any atom is -0.325 e. The third kappa shape index (κ3) is 3.95. The Morgan fingerprint density at radius 2 is 2.03 bits per heavy atom. The fraction of sp³-hybridized carbons (Fsp3) is 0.250. The van der Waals surface area contributed by atoms with Crippen LogP contribution in [-0.4, -0.2) is 26.0 Å². The minimum absolute atomic E-state index is 0.200. The number of carbonyl (C=O) groups excluding carboxylic acids is 1. The van der Waals surface area contributed by atoms with Crippen molar-refractivity contribution in [3.8, 4) is 0 Å². The van der Waals surface area contributed by atoms with Crippen molar-refractivity contribution in [2.24, 2.45) is 0 Å². The molecule has 29 heavy (non-hydrogen) atoms. The second-order valence-corrected chi connectivity index (χ2v) is 8.28. The summed E-state index contributed by atoms with van der Waals surface area (Å²) in [6, 6.07) is 11.1. The first-order valence-corrected chi connectivity index (χ1v) is 10.4. The summed E-state index contributed by atoms with van der Waals surface area (Å²) in [4.78, 5) is 13.2. The maximum atomic E-state index is 13.4. The van der Waals surface area contributed by atoms with E-state index in [1.165, 1.54) is 23.9 Å². The molecule has 0 spiro atoms. The molecular weight excluding hydrogens is 413 g/mol. The van der Waals surface area contributed by atoms with Gasteiger partial charge in [0.15, 0.2) is 5.82 Å². The molecule has 0 radical (unpaired) electrons. The second-order valence-electron chi connectivity index (χ2n) is 6.73. The Morgan fingerprint density at radius 1 is 1.28 bits per heavy atom. The monoisotopic (exact) mass is 431 g/mol. The van der Waals surface area contributed by atoms with Gasteiger partial charge < -0.3 is 10.7 Å². The number of aryl methyl sites for hydroxylation is 2. The SMILES string of the molecule is CCc1nnc2n1N[C@@H](c1ccc(F)cc1)[C@H](C(=O)Nc1cc(Cl)ccc1C)S2. The first kappa shape index (κ1) is 19.7. The van der Waals surface area contributed by atoms with Crippen LogP contribution in [-0.2, 0) is 11.2 Å². The Labute approximate surface area is 176 Å². The number of halogens is 2. The van der Waals surface area contributed by atoms with Gasteiger partial charge in [-0.15, -0.1) is 10.2 Å². The third-order valence-corrected chi connectivity index (χ3v) is 6.22. The summed E-state index contributed by atoms with van der Waals surface area (Å²) in [6.07, 6.45) is 0.690. The van der Waals surface area contributed by atoms with E-state index in [4.69, 9.17) is 11.6 Å². The van der Waals surface area contributed by atoms with E-state index in [0.29, 0.717) is 22.3 Å². The lowest BCUT2D eigenvalue weighted by molar-refractivity contribution is -0.116. The van der Waals surface area contributed by atoms with E-state index in [9.17, 15) is 9.18 Å². The molecule has 2 N–H and O–H groups in total. The van der Waals surface area contributed by atoms with E-state index < -0.39 is 11.3 Å². The quantitative estimate of drug-likeness (QED) is 0.643. The number of nitrogens with one attached hydrogen (secondary N) is 2. The Kier molecular flexibility index (Phi) is 5.47. The van der Waals surface area contributed by atoms with Gasteiger partial charge in [-0.05, 0) is 42.3 Å². The number of aromatic nitrogens is 3. The summed E-state index contributed by atoms with van der Waals surface area (Å²) in [5, 5.41) is 12.0. The van der Waals surface area contributed by atoms with Crippen molar-refractivity contribution in [3.63, 3.8) is 0 Å². The lowest BCUT2D eigenvalue weighted by Crippen LogP contribution is -2.41. The fourth-order valence-electron chi connectivity index (χ4n) is 3.18. The van der Waals surface area contributed by atoms with E-state index in [-0.39, 0.29) is 11.7 Å². The third-order valence-electron chi connectivity index (χ3n) is 4.76. The lowest BCUT2D eigenvalue weighted by atomic mass is 10.0. The number of fused-ring (bicyclic) bond motifs is 1. The molecule has 1 aliphatic heterocycles. The van der Waals surface area contributed by atoms with Crippen molar-refractivity contribution in [2.45, 2.75) is 36.7 Å². The number of hydrogen-bond donors (Lipinski definition) is 2. The highest BCUT2D eigenvalue weighted by atomic mass is 35.5. The number of thioether (sulfide) groups is 1. The predicted molar refractivity (Wildman–Crippen MR) is 112 cm³/mol. The minimum atomic E-state index is -0.541. The van der Waals surface area contributed by atoms with Gasteiger partial charge in [-0.1, -0.05) is 48.5 Å². The van der Waals surface area contributed by atoms with Crippen LogP contribution in [0, 0.1) is 12.7 Å². The van der Waals surface area contributed by atoms with Crippen LogP contribution in [0.5, 0.6) is 0 Å². The molecule has 0 aliphatic carbocycles. The average Bonchev–Trinajstić information content (AvgIpc) is 3.12. The molecule has 1 aromatic heterocycles.